The predicted molar refractivity (Wildman–Crippen MR) is 105 cm³/mol. The van der Waals surface area contributed by atoms with Crippen LogP contribution in [0.4, 0.5) is 0 Å². The Hall–Kier alpha value is -1.97. The zero-order chi connectivity index (χ0) is 19.9. The first-order valence-electron chi connectivity index (χ1n) is 9.69. The molecule has 1 unspecified atom stereocenters. The van der Waals surface area contributed by atoms with E-state index in [4.69, 9.17) is 0 Å². The number of amides is 1. The number of piperidine rings is 1. The maximum Gasteiger partial charge on any atom is 0.257 e. The molecule has 152 valence electrons. The summed E-state index contributed by atoms with van der Waals surface area (Å²) >= 11 is 0. The van der Waals surface area contributed by atoms with Crippen molar-refractivity contribution in [2.75, 3.05) is 39.0 Å². The smallest absolute Gasteiger partial charge is 0.257 e. The van der Waals surface area contributed by atoms with Gasteiger partial charge in [-0.15, -0.1) is 0 Å². The van der Waals surface area contributed by atoms with Crippen molar-refractivity contribution in [1.82, 2.24) is 18.8 Å². The summed E-state index contributed by atoms with van der Waals surface area (Å²) < 4.78 is 26.7. The maximum atomic E-state index is 12.9. The van der Waals surface area contributed by atoms with Gasteiger partial charge in [0.15, 0.2) is 0 Å². The van der Waals surface area contributed by atoms with E-state index in [0.717, 1.165) is 30.3 Å². The summed E-state index contributed by atoms with van der Waals surface area (Å²) in [5.74, 6) is 0.378. The number of carbonyl (C=O) groups excluding carboxylic acids is 1. The number of aromatic nitrogens is 2. The number of nitrogens with zero attached hydrogens (tertiary/aromatic N) is 4. The first-order valence-corrected chi connectivity index (χ1v) is 11.5. The number of aliphatic hydroxyl groups is 1. The first kappa shape index (κ1) is 19.4. The van der Waals surface area contributed by atoms with Crippen LogP contribution in [0, 0.1) is 5.92 Å². The van der Waals surface area contributed by atoms with Crippen molar-refractivity contribution in [3.63, 3.8) is 0 Å². The van der Waals surface area contributed by atoms with Gasteiger partial charge in [0, 0.05) is 44.9 Å². The molecule has 9 heteroatoms. The Labute approximate surface area is 164 Å². The van der Waals surface area contributed by atoms with Gasteiger partial charge in [-0.1, -0.05) is 0 Å². The molecule has 0 saturated carbocycles. The van der Waals surface area contributed by atoms with Crippen LogP contribution < -0.4 is 0 Å². The maximum absolute atomic E-state index is 12.9. The van der Waals surface area contributed by atoms with Crippen molar-refractivity contribution in [1.29, 1.82) is 0 Å². The summed E-state index contributed by atoms with van der Waals surface area (Å²) in [6, 6.07) is 4.02. The topological polar surface area (TPSA) is 95.2 Å². The second-order valence-corrected chi connectivity index (χ2v) is 9.86. The first-order chi connectivity index (χ1) is 13.4. The van der Waals surface area contributed by atoms with E-state index in [0.29, 0.717) is 31.7 Å². The largest absolute Gasteiger partial charge is 0.396 e. The SMILES string of the molecule is CS(=O)(=O)N1CCC(c2ccn3ncc(C(=O)N4CCC(CO)C4)c3c2)CC1. The molecule has 2 fully saturated rings. The second kappa shape index (κ2) is 7.46. The molecular weight excluding hydrogens is 380 g/mol. The van der Waals surface area contributed by atoms with E-state index >= 15 is 0 Å². The highest BCUT2D eigenvalue weighted by Crippen LogP contribution is 2.30. The molecule has 1 atom stereocenters. The molecule has 2 aromatic heterocycles. The molecule has 0 aliphatic carbocycles. The van der Waals surface area contributed by atoms with Gasteiger partial charge in [-0.25, -0.2) is 17.2 Å². The van der Waals surface area contributed by atoms with Crippen molar-refractivity contribution in [3.05, 3.63) is 35.7 Å². The standard InChI is InChI=1S/C19H26N4O4S/c1-28(26,27)22-7-3-15(4-8-22)16-5-9-23-18(10-16)17(11-20-23)19(25)21-6-2-14(12-21)13-24/h5,9-11,14-15,24H,2-4,6-8,12-13H2,1H3. The fourth-order valence-electron chi connectivity index (χ4n) is 4.27. The van der Waals surface area contributed by atoms with Crippen LogP contribution in [0.1, 0.15) is 41.1 Å². The lowest BCUT2D eigenvalue weighted by Gasteiger charge is -2.30. The Bertz CT molecular complexity index is 979. The molecule has 28 heavy (non-hydrogen) atoms. The zero-order valence-electron chi connectivity index (χ0n) is 16.0. The Balaban J connectivity index is 1.55. The van der Waals surface area contributed by atoms with E-state index in [1.165, 1.54) is 10.6 Å². The van der Waals surface area contributed by atoms with Gasteiger partial charge < -0.3 is 10.0 Å². The number of rotatable bonds is 4. The van der Waals surface area contributed by atoms with Gasteiger partial charge in [-0.3, -0.25) is 4.79 Å². The summed E-state index contributed by atoms with van der Waals surface area (Å²) in [4.78, 5) is 14.7. The van der Waals surface area contributed by atoms with E-state index in [9.17, 15) is 18.3 Å². The third kappa shape index (κ3) is 3.66. The molecule has 1 N–H and O–H groups in total. The van der Waals surface area contributed by atoms with E-state index in [-0.39, 0.29) is 24.3 Å². The minimum Gasteiger partial charge on any atom is -0.396 e. The third-order valence-corrected chi connectivity index (χ3v) is 7.30. The lowest BCUT2D eigenvalue weighted by atomic mass is 9.90. The number of carbonyl (C=O) groups is 1. The Morgan fingerprint density at radius 3 is 2.64 bits per heavy atom. The summed E-state index contributed by atoms with van der Waals surface area (Å²) in [7, 11) is -3.14. The molecule has 2 saturated heterocycles. The number of sulfonamides is 1. The number of pyridine rings is 1. The summed E-state index contributed by atoms with van der Waals surface area (Å²) in [6.45, 7) is 2.39. The predicted octanol–water partition coefficient (Wildman–Crippen LogP) is 0.928. The van der Waals surface area contributed by atoms with Crippen LogP contribution in [0.2, 0.25) is 0 Å². The van der Waals surface area contributed by atoms with Crippen LogP contribution in [0.5, 0.6) is 0 Å². The van der Waals surface area contributed by atoms with E-state index in [1.807, 2.05) is 18.3 Å². The summed E-state index contributed by atoms with van der Waals surface area (Å²) in [5.41, 5.74) is 2.47. The number of aliphatic hydroxyl groups excluding tert-OH is 1. The average molecular weight is 407 g/mol. The van der Waals surface area contributed by atoms with E-state index in [1.54, 1.807) is 15.6 Å². The Kier molecular flexibility index (Phi) is 5.15. The number of hydrogen-bond donors (Lipinski definition) is 1. The minimum atomic E-state index is -3.14. The molecule has 2 aliphatic rings. The van der Waals surface area contributed by atoms with Crippen LogP contribution in [-0.2, 0) is 10.0 Å². The molecule has 4 heterocycles. The molecule has 4 rings (SSSR count). The normalized spacial score (nSPS) is 22.2. The van der Waals surface area contributed by atoms with Gasteiger partial charge in [0.1, 0.15) is 0 Å². The fraction of sp³-hybridized carbons (Fsp3) is 0.579. The highest BCUT2D eigenvalue weighted by molar-refractivity contribution is 7.88. The van der Waals surface area contributed by atoms with Gasteiger partial charge in [-0.2, -0.15) is 5.10 Å². The van der Waals surface area contributed by atoms with Gasteiger partial charge in [-0.05, 0) is 42.9 Å². The highest BCUT2D eigenvalue weighted by atomic mass is 32.2. The van der Waals surface area contributed by atoms with E-state index in [2.05, 4.69) is 5.10 Å². The zero-order valence-corrected chi connectivity index (χ0v) is 16.8. The molecule has 0 spiro atoms. The van der Waals surface area contributed by atoms with Crippen LogP contribution in [0.25, 0.3) is 5.52 Å². The number of hydrogen-bond acceptors (Lipinski definition) is 5. The fourth-order valence-corrected chi connectivity index (χ4v) is 5.15. The van der Waals surface area contributed by atoms with Gasteiger partial charge in [0.25, 0.3) is 5.91 Å². The highest BCUT2D eigenvalue weighted by Gasteiger charge is 2.29. The third-order valence-electron chi connectivity index (χ3n) is 6.00. The van der Waals surface area contributed by atoms with Crippen molar-refractivity contribution in [2.45, 2.75) is 25.2 Å². The van der Waals surface area contributed by atoms with Crippen molar-refractivity contribution < 1.29 is 18.3 Å². The van der Waals surface area contributed by atoms with Gasteiger partial charge >= 0.3 is 0 Å². The Morgan fingerprint density at radius 2 is 2.00 bits per heavy atom. The van der Waals surface area contributed by atoms with Crippen molar-refractivity contribution in [2.24, 2.45) is 5.92 Å². The molecule has 2 aromatic rings. The second-order valence-electron chi connectivity index (χ2n) is 7.87. The quantitative estimate of drug-likeness (QED) is 0.815. The van der Waals surface area contributed by atoms with Crippen LogP contribution in [0.3, 0.4) is 0 Å². The van der Waals surface area contributed by atoms with Crippen LogP contribution in [-0.4, -0.2) is 77.3 Å². The Morgan fingerprint density at radius 1 is 1.25 bits per heavy atom. The van der Waals surface area contributed by atoms with E-state index < -0.39 is 10.0 Å². The molecule has 0 bridgehead atoms. The molecule has 0 aromatic carbocycles. The van der Waals surface area contributed by atoms with Crippen LogP contribution in [0.15, 0.2) is 24.5 Å². The molecule has 0 radical (unpaired) electrons. The summed E-state index contributed by atoms with van der Waals surface area (Å²) in [6.07, 6.45) is 7.09. The molecule has 2 aliphatic heterocycles. The number of likely N-dealkylation sites (tertiary alicyclic amines) is 1. The van der Waals surface area contributed by atoms with Crippen molar-refractivity contribution in [3.8, 4) is 0 Å². The molecule has 8 nitrogen and oxygen atoms in total. The number of fused-ring (bicyclic) bond motifs is 1. The lowest BCUT2D eigenvalue weighted by Crippen LogP contribution is -2.37. The minimum absolute atomic E-state index is 0.0463. The molecular formula is C19H26N4O4S. The van der Waals surface area contributed by atoms with Crippen molar-refractivity contribution >= 4 is 21.4 Å². The molecule has 1 amide bonds. The summed E-state index contributed by atoms with van der Waals surface area (Å²) in [5, 5.41) is 13.6. The van der Waals surface area contributed by atoms with Gasteiger partial charge in [0.2, 0.25) is 10.0 Å². The average Bonchev–Trinajstić information content (AvgIpc) is 3.33. The van der Waals surface area contributed by atoms with Gasteiger partial charge in [0.05, 0.1) is 23.5 Å². The monoisotopic (exact) mass is 406 g/mol. The lowest BCUT2D eigenvalue weighted by molar-refractivity contribution is 0.0783. The van der Waals surface area contributed by atoms with Crippen LogP contribution >= 0.6 is 0 Å².